The number of ether oxygens (including phenoxy) is 1. The molecule has 1 unspecified atom stereocenters. The predicted octanol–water partition coefficient (Wildman–Crippen LogP) is 3.23. The SMILES string of the molecule is COc1ccccc1-c1cccc(CCC2(C)CC(=O)N(C)C(N)=N2)c1. The summed E-state index contributed by atoms with van der Waals surface area (Å²) in [5.41, 5.74) is 8.83. The van der Waals surface area contributed by atoms with E-state index in [9.17, 15) is 4.79 Å². The largest absolute Gasteiger partial charge is 0.496 e. The molecule has 1 amide bonds. The van der Waals surface area contributed by atoms with Crippen LogP contribution in [0.4, 0.5) is 0 Å². The highest BCUT2D eigenvalue weighted by Gasteiger charge is 2.34. The number of carbonyl (C=O) groups excluding carboxylic acids is 1. The van der Waals surface area contributed by atoms with Crippen LogP contribution >= 0.6 is 0 Å². The summed E-state index contributed by atoms with van der Waals surface area (Å²) in [6.45, 7) is 1.99. The molecule has 2 aromatic carbocycles. The molecule has 1 aliphatic heterocycles. The van der Waals surface area contributed by atoms with Gasteiger partial charge >= 0.3 is 0 Å². The molecule has 1 aliphatic rings. The summed E-state index contributed by atoms with van der Waals surface area (Å²) in [6, 6.07) is 16.4. The molecule has 1 heterocycles. The van der Waals surface area contributed by atoms with E-state index >= 15 is 0 Å². The zero-order valence-electron chi connectivity index (χ0n) is 15.5. The maximum Gasteiger partial charge on any atom is 0.231 e. The van der Waals surface area contributed by atoms with E-state index in [1.54, 1.807) is 14.2 Å². The molecule has 0 aromatic heterocycles. The van der Waals surface area contributed by atoms with E-state index in [4.69, 9.17) is 10.5 Å². The predicted molar refractivity (Wildman–Crippen MR) is 104 cm³/mol. The fourth-order valence-corrected chi connectivity index (χ4v) is 3.30. The molecule has 5 heteroatoms. The Hall–Kier alpha value is -2.82. The van der Waals surface area contributed by atoms with Gasteiger partial charge in [0.25, 0.3) is 0 Å². The Labute approximate surface area is 154 Å². The van der Waals surface area contributed by atoms with Crippen molar-refractivity contribution in [3.05, 3.63) is 54.1 Å². The number of carbonyl (C=O) groups is 1. The lowest BCUT2D eigenvalue weighted by Gasteiger charge is -2.33. The molecule has 0 saturated carbocycles. The summed E-state index contributed by atoms with van der Waals surface area (Å²) in [4.78, 5) is 18.1. The number of para-hydroxylation sites is 1. The minimum Gasteiger partial charge on any atom is -0.496 e. The average molecular weight is 351 g/mol. The molecule has 136 valence electrons. The third-order valence-electron chi connectivity index (χ3n) is 4.93. The molecule has 2 N–H and O–H groups in total. The Bertz CT molecular complexity index is 847. The third-order valence-corrected chi connectivity index (χ3v) is 4.93. The topological polar surface area (TPSA) is 67.9 Å². The van der Waals surface area contributed by atoms with E-state index in [-0.39, 0.29) is 5.91 Å². The van der Waals surface area contributed by atoms with Crippen LogP contribution in [0.25, 0.3) is 11.1 Å². The molecule has 0 fully saturated rings. The first-order chi connectivity index (χ1) is 12.4. The smallest absolute Gasteiger partial charge is 0.231 e. The first kappa shape index (κ1) is 18.0. The fraction of sp³-hybridized carbons (Fsp3) is 0.333. The molecule has 0 spiro atoms. The van der Waals surface area contributed by atoms with E-state index < -0.39 is 5.54 Å². The van der Waals surface area contributed by atoms with Crippen LogP contribution in [-0.4, -0.2) is 36.5 Å². The first-order valence-electron chi connectivity index (χ1n) is 8.76. The number of hydrogen-bond acceptors (Lipinski definition) is 4. The maximum absolute atomic E-state index is 12.1. The highest BCUT2D eigenvalue weighted by Crippen LogP contribution is 2.31. The number of benzene rings is 2. The molecule has 0 bridgehead atoms. The quantitative estimate of drug-likeness (QED) is 0.899. The molecule has 0 aliphatic carbocycles. The maximum atomic E-state index is 12.1. The lowest BCUT2D eigenvalue weighted by Crippen LogP contribution is -2.48. The number of aryl methyl sites for hydroxylation is 1. The Balaban J connectivity index is 1.79. The monoisotopic (exact) mass is 351 g/mol. The number of rotatable bonds is 5. The van der Waals surface area contributed by atoms with Crippen molar-refractivity contribution in [1.29, 1.82) is 0 Å². The van der Waals surface area contributed by atoms with Gasteiger partial charge < -0.3 is 10.5 Å². The molecule has 1 atom stereocenters. The minimum atomic E-state index is -0.450. The van der Waals surface area contributed by atoms with Crippen LogP contribution in [0.2, 0.25) is 0 Å². The summed E-state index contributed by atoms with van der Waals surface area (Å²) in [6.07, 6.45) is 1.98. The number of guanidine groups is 1. The van der Waals surface area contributed by atoms with Crippen molar-refractivity contribution in [3.63, 3.8) is 0 Å². The van der Waals surface area contributed by atoms with Crippen molar-refractivity contribution < 1.29 is 9.53 Å². The van der Waals surface area contributed by atoms with Crippen molar-refractivity contribution in [1.82, 2.24) is 4.90 Å². The van der Waals surface area contributed by atoms with E-state index in [1.165, 1.54) is 10.5 Å². The van der Waals surface area contributed by atoms with Gasteiger partial charge in [-0.15, -0.1) is 0 Å². The Kier molecular flexibility index (Phi) is 4.98. The van der Waals surface area contributed by atoms with Crippen LogP contribution in [0, 0.1) is 0 Å². The Morgan fingerprint density at radius 2 is 2.00 bits per heavy atom. The van der Waals surface area contributed by atoms with Crippen LogP contribution < -0.4 is 10.5 Å². The van der Waals surface area contributed by atoms with Crippen molar-refractivity contribution in [3.8, 4) is 16.9 Å². The summed E-state index contributed by atoms with van der Waals surface area (Å²) in [5.74, 6) is 1.17. The fourth-order valence-electron chi connectivity index (χ4n) is 3.30. The van der Waals surface area contributed by atoms with Crippen molar-refractivity contribution in [2.24, 2.45) is 10.7 Å². The van der Waals surface area contributed by atoms with Crippen LogP contribution in [0.5, 0.6) is 5.75 Å². The summed E-state index contributed by atoms with van der Waals surface area (Å²) < 4.78 is 5.47. The van der Waals surface area contributed by atoms with Crippen LogP contribution in [0.1, 0.15) is 25.3 Å². The zero-order chi connectivity index (χ0) is 18.7. The average Bonchev–Trinajstić information content (AvgIpc) is 2.65. The molecule has 3 rings (SSSR count). The number of nitrogens with two attached hydrogens (primary N) is 1. The van der Waals surface area contributed by atoms with Gasteiger partial charge in [-0.2, -0.15) is 0 Å². The van der Waals surface area contributed by atoms with Crippen molar-refractivity contribution in [2.45, 2.75) is 31.7 Å². The minimum absolute atomic E-state index is 0.0165. The Morgan fingerprint density at radius 3 is 2.73 bits per heavy atom. The van der Waals surface area contributed by atoms with Gasteiger partial charge in [0.2, 0.25) is 5.91 Å². The molecular weight excluding hydrogens is 326 g/mol. The number of amides is 1. The van der Waals surface area contributed by atoms with E-state index in [1.807, 2.05) is 25.1 Å². The van der Waals surface area contributed by atoms with Crippen molar-refractivity contribution in [2.75, 3.05) is 14.2 Å². The number of hydrogen-bond donors (Lipinski definition) is 1. The standard InChI is InChI=1S/C21H25N3O2/c1-21(14-19(25)24(2)20(22)23-21)12-11-15-7-6-8-16(13-15)17-9-4-5-10-18(17)26-3/h4-10,13H,11-12,14H2,1-3H3,(H2,22,23). The van der Waals surface area contributed by atoms with E-state index in [2.05, 4.69) is 35.3 Å². The Morgan fingerprint density at radius 1 is 1.23 bits per heavy atom. The number of nitrogens with zero attached hydrogens (tertiary/aromatic N) is 2. The van der Waals surface area contributed by atoms with Gasteiger partial charge in [0.15, 0.2) is 5.96 Å². The summed E-state index contributed by atoms with van der Waals surface area (Å²) >= 11 is 0. The molecular formula is C21H25N3O2. The first-order valence-corrected chi connectivity index (χ1v) is 8.76. The third kappa shape index (κ3) is 3.72. The molecule has 0 saturated heterocycles. The molecule has 26 heavy (non-hydrogen) atoms. The second kappa shape index (κ2) is 7.20. The van der Waals surface area contributed by atoms with Gasteiger partial charge in [0.05, 0.1) is 19.1 Å². The van der Waals surface area contributed by atoms with Crippen LogP contribution in [-0.2, 0) is 11.2 Å². The van der Waals surface area contributed by atoms with Gasteiger partial charge in [-0.05, 0) is 37.0 Å². The van der Waals surface area contributed by atoms with Crippen LogP contribution in [0.15, 0.2) is 53.5 Å². The lowest BCUT2D eigenvalue weighted by molar-refractivity contribution is -0.128. The number of methoxy groups -OCH3 is 1. The van der Waals surface area contributed by atoms with Gasteiger partial charge in [-0.25, -0.2) is 4.99 Å². The summed E-state index contributed by atoms with van der Waals surface area (Å²) in [5, 5.41) is 0. The second-order valence-electron chi connectivity index (χ2n) is 7.00. The highest BCUT2D eigenvalue weighted by atomic mass is 16.5. The second-order valence-corrected chi connectivity index (χ2v) is 7.00. The normalized spacial score (nSPS) is 20.0. The molecule has 0 radical (unpaired) electrons. The highest BCUT2D eigenvalue weighted by molar-refractivity contribution is 5.98. The lowest BCUT2D eigenvalue weighted by atomic mass is 9.88. The van der Waals surface area contributed by atoms with E-state index in [0.717, 1.165) is 29.7 Å². The van der Waals surface area contributed by atoms with Crippen molar-refractivity contribution >= 4 is 11.9 Å². The number of aliphatic imine (C=N–C) groups is 1. The van der Waals surface area contributed by atoms with Gasteiger partial charge in [0.1, 0.15) is 5.75 Å². The summed E-state index contributed by atoms with van der Waals surface area (Å²) in [7, 11) is 3.35. The van der Waals surface area contributed by atoms with Gasteiger partial charge in [-0.1, -0.05) is 42.5 Å². The van der Waals surface area contributed by atoms with Crippen LogP contribution in [0.3, 0.4) is 0 Å². The van der Waals surface area contributed by atoms with E-state index in [0.29, 0.717) is 12.4 Å². The zero-order valence-corrected chi connectivity index (χ0v) is 15.5. The molecule has 2 aromatic rings. The molecule has 5 nitrogen and oxygen atoms in total. The van der Waals surface area contributed by atoms with Gasteiger partial charge in [-0.3, -0.25) is 9.69 Å². The van der Waals surface area contributed by atoms with Gasteiger partial charge in [0, 0.05) is 12.6 Å².